The SMILES string of the molecule is Cc1cc(=O)c(C(=O)OCC(=O)N2CCCCC2)nn1-c1ccc(Cl)cc1. The Labute approximate surface area is 161 Å². The van der Waals surface area contributed by atoms with Crippen LogP contribution in [0.2, 0.25) is 5.02 Å². The summed E-state index contributed by atoms with van der Waals surface area (Å²) < 4.78 is 6.51. The first kappa shape index (κ1) is 19.1. The van der Waals surface area contributed by atoms with Crippen molar-refractivity contribution < 1.29 is 14.3 Å². The van der Waals surface area contributed by atoms with E-state index in [4.69, 9.17) is 16.3 Å². The zero-order chi connectivity index (χ0) is 19.4. The third kappa shape index (κ3) is 4.54. The maximum absolute atomic E-state index is 12.3. The highest BCUT2D eigenvalue weighted by Gasteiger charge is 2.21. The Morgan fingerprint density at radius 1 is 1.15 bits per heavy atom. The van der Waals surface area contributed by atoms with Gasteiger partial charge in [-0.1, -0.05) is 11.6 Å². The van der Waals surface area contributed by atoms with Crippen LogP contribution < -0.4 is 5.43 Å². The molecule has 7 nitrogen and oxygen atoms in total. The summed E-state index contributed by atoms with van der Waals surface area (Å²) in [5, 5.41) is 4.69. The minimum atomic E-state index is -0.909. The van der Waals surface area contributed by atoms with Gasteiger partial charge in [-0.15, -0.1) is 0 Å². The monoisotopic (exact) mass is 389 g/mol. The number of rotatable bonds is 4. The first-order chi connectivity index (χ1) is 13.0. The fourth-order valence-electron chi connectivity index (χ4n) is 2.96. The second kappa shape index (κ2) is 8.35. The summed E-state index contributed by atoms with van der Waals surface area (Å²) in [6.07, 6.45) is 3.00. The largest absolute Gasteiger partial charge is 0.451 e. The Hall–Kier alpha value is -2.67. The maximum Gasteiger partial charge on any atom is 0.363 e. The maximum atomic E-state index is 12.3. The summed E-state index contributed by atoms with van der Waals surface area (Å²) in [4.78, 5) is 38.3. The lowest BCUT2D eigenvalue weighted by Gasteiger charge is -2.26. The number of ether oxygens (including phenoxy) is 1. The summed E-state index contributed by atoms with van der Waals surface area (Å²) in [6, 6.07) is 8.13. The van der Waals surface area contributed by atoms with E-state index in [1.807, 2.05) is 0 Å². The van der Waals surface area contributed by atoms with Crippen LogP contribution in [0.15, 0.2) is 35.1 Å². The van der Waals surface area contributed by atoms with Crippen molar-refractivity contribution in [1.29, 1.82) is 0 Å². The molecule has 0 aliphatic carbocycles. The number of carbonyl (C=O) groups excluding carboxylic acids is 2. The third-order valence-electron chi connectivity index (χ3n) is 4.41. The molecule has 1 fully saturated rings. The predicted octanol–water partition coefficient (Wildman–Crippen LogP) is 2.36. The molecule has 2 heterocycles. The van der Waals surface area contributed by atoms with Gasteiger partial charge in [-0.25, -0.2) is 9.48 Å². The van der Waals surface area contributed by atoms with E-state index in [-0.39, 0.29) is 11.6 Å². The van der Waals surface area contributed by atoms with Gasteiger partial charge in [-0.05, 0) is 50.5 Å². The lowest BCUT2D eigenvalue weighted by Crippen LogP contribution is -2.38. The van der Waals surface area contributed by atoms with Crippen molar-refractivity contribution in [1.82, 2.24) is 14.7 Å². The highest BCUT2D eigenvalue weighted by Crippen LogP contribution is 2.14. The van der Waals surface area contributed by atoms with Crippen LogP contribution in [0.4, 0.5) is 0 Å². The van der Waals surface area contributed by atoms with Crippen LogP contribution >= 0.6 is 11.6 Å². The van der Waals surface area contributed by atoms with Crippen molar-refractivity contribution >= 4 is 23.5 Å². The summed E-state index contributed by atoms with van der Waals surface area (Å²) in [7, 11) is 0. The van der Waals surface area contributed by atoms with Gasteiger partial charge in [-0.2, -0.15) is 5.10 Å². The Morgan fingerprint density at radius 2 is 1.81 bits per heavy atom. The van der Waals surface area contributed by atoms with E-state index in [1.165, 1.54) is 10.7 Å². The van der Waals surface area contributed by atoms with Gasteiger partial charge in [0.1, 0.15) is 0 Å². The van der Waals surface area contributed by atoms with Crippen LogP contribution in [-0.2, 0) is 9.53 Å². The Kier molecular flexibility index (Phi) is 5.91. The standard InChI is InChI=1S/C19H20ClN3O4/c1-13-11-16(24)18(21-23(13)15-7-5-14(20)6-8-15)19(26)27-12-17(25)22-9-3-2-4-10-22/h5-8,11H,2-4,9-10,12H2,1H3. The van der Waals surface area contributed by atoms with Crippen molar-refractivity contribution in [3.63, 3.8) is 0 Å². The number of hydrogen-bond donors (Lipinski definition) is 0. The molecule has 1 aliphatic heterocycles. The molecule has 0 N–H and O–H groups in total. The number of benzene rings is 1. The molecule has 1 amide bonds. The van der Waals surface area contributed by atoms with Crippen molar-refractivity contribution in [2.75, 3.05) is 19.7 Å². The quantitative estimate of drug-likeness (QED) is 0.750. The van der Waals surface area contributed by atoms with Gasteiger partial charge < -0.3 is 9.64 Å². The number of nitrogens with zero attached hydrogens (tertiary/aromatic N) is 3. The van der Waals surface area contributed by atoms with Gasteiger partial charge in [0.25, 0.3) is 5.91 Å². The minimum Gasteiger partial charge on any atom is -0.451 e. The molecule has 2 aromatic rings. The number of halogens is 1. The van der Waals surface area contributed by atoms with Gasteiger partial charge in [0, 0.05) is 29.9 Å². The second-order valence-electron chi connectivity index (χ2n) is 6.40. The van der Waals surface area contributed by atoms with Crippen molar-refractivity contribution in [2.45, 2.75) is 26.2 Å². The molecular formula is C19H20ClN3O4. The number of esters is 1. The molecule has 1 aliphatic rings. The lowest BCUT2D eigenvalue weighted by molar-refractivity contribution is -0.135. The zero-order valence-electron chi connectivity index (χ0n) is 15.0. The van der Waals surface area contributed by atoms with Gasteiger partial charge in [0.15, 0.2) is 6.61 Å². The van der Waals surface area contributed by atoms with Crippen LogP contribution in [0.1, 0.15) is 35.4 Å². The Bertz CT molecular complexity index is 902. The minimum absolute atomic E-state index is 0.256. The summed E-state index contributed by atoms with van der Waals surface area (Å²) in [6.45, 7) is 2.65. The smallest absolute Gasteiger partial charge is 0.363 e. The van der Waals surface area contributed by atoms with E-state index in [0.717, 1.165) is 19.3 Å². The van der Waals surface area contributed by atoms with E-state index in [0.29, 0.717) is 29.5 Å². The van der Waals surface area contributed by atoms with Gasteiger partial charge in [0.05, 0.1) is 5.69 Å². The zero-order valence-corrected chi connectivity index (χ0v) is 15.7. The van der Waals surface area contributed by atoms with Crippen LogP contribution in [0.3, 0.4) is 0 Å². The van der Waals surface area contributed by atoms with Crippen LogP contribution in [0, 0.1) is 6.92 Å². The van der Waals surface area contributed by atoms with Crippen LogP contribution in [-0.4, -0.2) is 46.3 Å². The van der Waals surface area contributed by atoms with Crippen molar-refractivity contribution in [3.8, 4) is 5.69 Å². The lowest BCUT2D eigenvalue weighted by atomic mass is 10.1. The molecule has 0 radical (unpaired) electrons. The predicted molar refractivity (Wildman–Crippen MR) is 100 cm³/mol. The van der Waals surface area contributed by atoms with E-state index in [9.17, 15) is 14.4 Å². The van der Waals surface area contributed by atoms with Gasteiger partial charge >= 0.3 is 5.97 Å². The summed E-state index contributed by atoms with van der Waals surface area (Å²) in [5.41, 5.74) is 0.300. The van der Waals surface area contributed by atoms with Crippen molar-refractivity contribution in [2.24, 2.45) is 0 Å². The second-order valence-corrected chi connectivity index (χ2v) is 6.84. The first-order valence-electron chi connectivity index (χ1n) is 8.77. The Balaban J connectivity index is 1.76. The topological polar surface area (TPSA) is 81.5 Å². The average molecular weight is 390 g/mol. The average Bonchev–Trinajstić information content (AvgIpc) is 2.67. The van der Waals surface area contributed by atoms with E-state index in [2.05, 4.69) is 5.10 Å². The first-order valence-corrected chi connectivity index (χ1v) is 9.15. The molecule has 0 bridgehead atoms. The summed E-state index contributed by atoms with van der Waals surface area (Å²) in [5.74, 6) is -1.17. The third-order valence-corrected chi connectivity index (χ3v) is 4.66. The van der Waals surface area contributed by atoms with E-state index in [1.54, 1.807) is 36.1 Å². The molecule has 0 atom stereocenters. The molecule has 1 aromatic heterocycles. The fraction of sp³-hybridized carbons (Fsp3) is 0.368. The fourth-order valence-corrected chi connectivity index (χ4v) is 3.09. The number of aromatic nitrogens is 2. The van der Waals surface area contributed by atoms with E-state index >= 15 is 0 Å². The summed E-state index contributed by atoms with van der Waals surface area (Å²) >= 11 is 5.89. The number of aryl methyl sites for hydroxylation is 1. The van der Waals surface area contributed by atoms with E-state index < -0.39 is 18.0 Å². The highest BCUT2D eigenvalue weighted by atomic mass is 35.5. The normalized spacial score (nSPS) is 14.1. The van der Waals surface area contributed by atoms with Crippen molar-refractivity contribution in [3.05, 3.63) is 57.0 Å². The number of amides is 1. The van der Waals surface area contributed by atoms with Gasteiger partial charge in [-0.3, -0.25) is 9.59 Å². The number of hydrogen-bond acceptors (Lipinski definition) is 5. The molecule has 0 unspecified atom stereocenters. The molecule has 8 heteroatoms. The number of piperidine rings is 1. The molecule has 3 rings (SSSR count). The van der Waals surface area contributed by atoms with Crippen LogP contribution in [0.5, 0.6) is 0 Å². The highest BCUT2D eigenvalue weighted by molar-refractivity contribution is 6.30. The number of likely N-dealkylation sites (tertiary alicyclic amines) is 1. The molecular weight excluding hydrogens is 370 g/mol. The molecule has 1 saturated heterocycles. The Morgan fingerprint density at radius 3 is 2.48 bits per heavy atom. The number of carbonyl (C=O) groups is 2. The molecule has 1 aromatic carbocycles. The molecule has 27 heavy (non-hydrogen) atoms. The van der Waals surface area contributed by atoms with Crippen LogP contribution in [0.25, 0.3) is 5.69 Å². The molecule has 142 valence electrons. The van der Waals surface area contributed by atoms with Gasteiger partial charge in [0.2, 0.25) is 11.1 Å². The molecule has 0 spiro atoms. The molecule has 0 saturated carbocycles.